The maximum atomic E-state index is 10.7. The Bertz CT molecular complexity index is 376. The second-order valence-electron chi connectivity index (χ2n) is 2.72. The Labute approximate surface area is 84.0 Å². The van der Waals surface area contributed by atoms with E-state index in [4.69, 9.17) is 0 Å². The minimum atomic E-state index is -0.289. The fraction of sp³-hybridized carbons (Fsp3) is 0.111. The van der Waals surface area contributed by atoms with Crippen LogP contribution >= 0.6 is 15.9 Å². The van der Waals surface area contributed by atoms with Crippen molar-refractivity contribution in [1.29, 1.82) is 0 Å². The third kappa shape index (κ3) is 1.49. The number of nitrogens with zero attached hydrogens (tertiary/aromatic N) is 1. The molecule has 4 heteroatoms. The van der Waals surface area contributed by atoms with Crippen molar-refractivity contribution >= 4 is 32.6 Å². The van der Waals surface area contributed by atoms with Gasteiger partial charge in [0.05, 0.1) is 5.69 Å². The molecule has 0 fully saturated rings. The van der Waals surface area contributed by atoms with Crippen LogP contribution < -0.4 is 5.32 Å². The van der Waals surface area contributed by atoms with Crippen LogP contribution in [0.4, 0.5) is 5.69 Å². The van der Waals surface area contributed by atoms with Gasteiger partial charge in [-0.2, -0.15) is 0 Å². The van der Waals surface area contributed by atoms with Gasteiger partial charge < -0.3 is 10.1 Å². The average Bonchev–Trinajstić information content (AvgIpc) is 2.16. The fourth-order valence-electron chi connectivity index (χ4n) is 1.30. The van der Waals surface area contributed by atoms with Gasteiger partial charge in [0, 0.05) is 5.56 Å². The molecule has 66 valence electrons. The van der Waals surface area contributed by atoms with Crippen LogP contribution in [-0.4, -0.2) is 11.0 Å². The summed E-state index contributed by atoms with van der Waals surface area (Å²) < 4.78 is 0.600. The number of aliphatic imine (C=N–C) groups is 1. The summed E-state index contributed by atoms with van der Waals surface area (Å²) >= 11 is 3.22. The van der Waals surface area contributed by atoms with Crippen LogP contribution in [-0.2, 0) is 4.79 Å². The minimum Gasteiger partial charge on any atom is -0.351 e. The highest BCUT2D eigenvalue weighted by molar-refractivity contribution is 9.18. The maximum absolute atomic E-state index is 10.7. The number of rotatable bonds is 1. The summed E-state index contributed by atoms with van der Waals surface area (Å²) in [6.45, 7) is 0. The largest absolute Gasteiger partial charge is 0.351 e. The van der Waals surface area contributed by atoms with Crippen molar-refractivity contribution in [2.24, 2.45) is 4.99 Å². The summed E-state index contributed by atoms with van der Waals surface area (Å²) in [5, 5.41) is 2.92. The fourth-order valence-corrected chi connectivity index (χ4v) is 1.74. The molecule has 13 heavy (non-hydrogen) atoms. The predicted octanol–water partition coefficient (Wildman–Crippen LogP) is 1.91. The van der Waals surface area contributed by atoms with E-state index in [1.54, 1.807) is 0 Å². The first-order chi connectivity index (χ1) is 6.31. The second kappa shape index (κ2) is 3.30. The van der Waals surface area contributed by atoms with Gasteiger partial charge in [-0.25, -0.2) is 4.99 Å². The number of fused-ring (bicyclic) bond motifs is 1. The monoisotopic (exact) mass is 238 g/mol. The highest BCUT2D eigenvalue weighted by atomic mass is 79.9. The lowest BCUT2D eigenvalue weighted by Crippen LogP contribution is -2.28. The molecule has 1 aromatic rings. The van der Waals surface area contributed by atoms with E-state index < -0.39 is 0 Å². The van der Waals surface area contributed by atoms with Crippen molar-refractivity contribution in [2.45, 2.75) is 6.04 Å². The van der Waals surface area contributed by atoms with E-state index in [-0.39, 0.29) is 6.04 Å². The number of benzene rings is 1. The predicted molar refractivity (Wildman–Crippen MR) is 54.4 cm³/mol. The van der Waals surface area contributed by atoms with E-state index in [0.29, 0.717) is 4.74 Å². The summed E-state index contributed by atoms with van der Waals surface area (Å²) in [6.07, 6.45) is 0.870. The minimum absolute atomic E-state index is 0.289. The number of hydrogen-bond donors (Lipinski definition) is 1. The van der Waals surface area contributed by atoms with Crippen LogP contribution in [0.15, 0.2) is 29.3 Å². The van der Waals surface area contributed by atoms with E-state index in [0.717, 1.165) is 17.5 Å². The molecule has 0 spiro atoms. The first-order valence-corrected chi connectivity index (χ1v) is 4.65. The van der Waals surface area contributed by atoms with Crippen molar-refractivity contribution in [3.05, 3.63) is 29.8 Å². The Kier molecular flexibility index (Phi) is 2.14. The third-order valence-corrected chi connectivity index (χ3v) is 2.31. The Morgan fingerprint density at radius 3 is 3.00 bits per heavy atom. The molecule has 0 aliphatic carbocycles. The summed E-state index contributed by atoms with van der Waals surface area (Å²) in [4.78, 5) is 14.9. The average molecular weight is 239 g/mol. The summed E-state index contributed by atoms with van der Waals surface area (Å²) in [7, 11) is 0. The van der Waals surface area contributed by atoms with E-state index >= 15 is 0 Å². The lowest BCUT2D eigenvalue weighted by atomic mass is 10.1. The number of aldehydes is 1. The number of carbonyl (C=O) groups excluding carboxylic acids is 1. The lowest BCUT2D eigenvalue weighted by Gasteiger charge is -2.19. The zero-order chi connectivity index (χ0) is 9.26. The first-order valence-electron chi connectivity index (χ1n) is 3.86. The molecule has 0 amide bonds. The number of para-hydroxylation sites is 1. The zero-order valence-electron chi connectivity index (χ0n) is 6.70. The highest BCUT2D eigenvalue weighted by Gasteiger charge is 2.18. The summed E-state index contributed by atoms with van der Waals surface area (Å²) in [5.41, 5.74) is 1.76. The van der Waals surface area contributed by atoms with Gasteiger partial charge in [-0.1, -0.05) is 18.2 Å². The van der Waals surface area contributed by atoms with Crippen LogP contribution in [0, 0.1) is 0 Å². The number of halogens is 1. The molecule has 0 bridgehead atoms. The Morgan fingerprint density at radius 2 is 2.23 bits per heavy atom. The molecular weight excluding hydrogens is 232 g/mol. The van der Waals surface area contributed by atoms with Crippen molar-refractivity contribution < 1.29 is 4.79 Å². The van der Waals surface area contributed by atoms with Gasteiger partial charge in [0.15, 0.2) is 4.74 Å². The number of nitrogens with one attached hydrogen (secondary N) is 1. The van der Waals surface area contributed by atoms with E-state index in [1.165, 1.54) is 0 Å². The summed E-state index contributed by atoms with van der Waals surface area (Å²) in [5.74, 6) is 0. The van der Waals surface area contributed by atoms with E-state index in [1.807, 2.05) is 24.3 Å². The number of carbonyl (C=O) groups is 1. The van der Waals surface area contributed by atoms with Gasteiger partial charge in [0.2, 0.25) is 0 Å². The topological polar surface area (TPSA) is 41.5 Å². The molecule has 1 aromatic carbocycles. The first kappa shape index (κ1) is 8.44. The molecule has 1 aliphatic heterocycles. The molecule has 0 aromatic heterocycles. The smallest absolute Gasteiger partial charge is 0.171 e. The third-order valence-electron chi connectivity index (χ3n) is 1.90. The molecular formula is C9H7BrN2O. The van der Waals surface area contributed by atoms with Crippen LogP contribution in [0.2, 0.25) is 0 Å². The molecule has 1 aliphatic rings. The van der Waals surface area contributed by atoms with Gasteiger partial charge in [0.1, 0.15) is 12.3 Å². The van der Waals surface area contributed by atoms with Crippen molar-refractivity contribution in [3.8, 4) is 0 Å². The molecule has 1 heterocycles. The van der Waals surface area contributed by atoms with Crippen LogP contribution in [0.1, 0.15) is 11.6 Å². The Morgan fingerprint density at radius 1 is 1.46 bits per heavy atom. The van der Waals surface area contributed by atoms with Gasteiger partial charge in [-0.15, -0.1) is 0 Å². The summed E-state index contributed by atoms with van der Waals surface area (Å²) in [6, 6.07) is 7.28. The van der Waals surface area contributed by atoms with Gasteiger partial charge in [-0.05, 0) is 22.0 Å². The van der Waals surface area contributed by atoms with Crippen LogP contribution in [0.25, 0.3) is 0 Å². The number of amidine groups is 1. The molecule has 1 N–H and O–H groups in total. The lowest BCUT2D eigenvalue weighted by molar-refractivity contribution is -0.109. The van der Waals surface area contributed by atoms with Gasteiger partial charge in [0.25, 0.3) is 0 Å². The second-order valence-corrected chi connectivity index (χ2v) is 3.47. The van der Waals surface area contributed by atoms with Crippen molar-refractivity contribution in [3.63, 3.8) is 0 Å². The van der Waals surface area contributed by atoms with E-state index in [2.05, 4.69) is 26.2 Å². The number of hydrogen-bond acceptors (Lipinski definition) is 3. The maximum Gasteiger partial charge on any atom is 0.171 e. The van der Waals surface area contributed by atoms with Crippen molar-refractivity contribution in [1.82, 2.24) is 5.32 Å². The Balaban J connectivity index is 2.54. The Hall–Kier alpha value is -1.16. The molecule has 3 nitrogen and oxygen atoms in total. The molecule has 0 saturated carbocycles. The molecule has 1 unspecified atom stereocenters. The van der Waals surface area contributed by atoms with Crippen molar-refractivity contribution in [2.75, 3.05) is 0 Å². The molecule has 1 atom stereocenters. The SMILES string of the molecule is O=CC1NC(Br)=Nc2ccccc21. The van der Waals surface area contributed by atoms with Gasteiger partial charge in [-0.3, -0.25) is 0 Å². The zero-order valence-corrected chi connectivity index (χ0v) is 8.28. The van der Waals surface area contributed by atoms with E-state index in [9.17, 15) is 4.79 Å². The molecule has 0 saturated heterocycles. The quantitative estimate of drug-likeness (QED) is 0.600. The molecule has 0 radical (unpaired) electrons. The van der Waals surface area contributed by atoms with Gasteiger partial charge >= 0.3 is 0 Å². The highest BCUT2D eigenvalue weighted by Crippen LogP contribution is 2.28. The van der Waals surface area contributed by atoms with Crippen LogP contribution in [0.5, 0.6) is 0 Å². The van der Waals surface area contributed by atoms with Crippen LogP contribution in [0.3, 0.4) is 0 Å². The standard InChI is InChI=1S/C9H7BrN2O/c10-9-11-7-4-2-1-3-6(7)8(5-13)12-9/h1-5,8H,(H,11,12). The normalized spacial score (nSPS) is 19.8. The molecule has 2 rings (SSSR count).